The number of hydrogen-bond donors (Lipinski definition) is 9. The van der Waals surface area contributed by atoms with E-state index in [1.165, 1.54) is 38.5 Å². The van der Waals surface area contributed by atoms with Crippen LogP contribution in [0.5, 0.6) is 0 Å². The third kappa shape index (κ3) is 15.7. The van der Waals surface area contributed by atoms with Crippen molar-refractivity contribution in [1.82, 2.24) is 0 Å². The molecule has 0 aliphatic carbocycles. The number of aliphatic hydroxyl groups excluding tert-OH is 9. The Morgan fingerprint density at radius 1 is 0.514 bits per heavy atom. The Balaban J connectivity index is 4.67. The molecule has 9 atom stereocenters. The highest BCUT2D eigenvalue weighted by atomic mass is 16.6. The lowest BCUT2D eigenvalue weighted by atomic mass is 10.0. The van der Waals surface area contributed by atoms with Crippen LogP contribution in [0.25, 0.3) is 0 Å². The van der Waals surface area contributed by atoms with E-state index in [1.54, 1.807) is 0 Å². The average Bonchev–Trinajstić information content (AvgIpc) is 2.89. The van der Waals surface area contributed by atoms with E-state index in [0.29, 0.717) is 12.8 Å². The summed E-state index contributed by atoms with van der Waals surface area (Å²) in [7, 11) is 0. The highest BCUT2D eigenvalue weighted by molar-refractivity contribution is 4.82. The molecule has 0 radical (unpaired) electrons. The first-order chi connectivity index (χ1) is 17.6. The summed E-state index contributed by atoms with van der Waals surface area (Å²) in [6.07, 6.45) is -3.39. The molecule has 37 heavy (non-hydrogen) atoms. The fourth-order valence-electron chi connectivity index (χ4n) is 4.12. The number of ether oxygens (including phenoxy) is 2. The Morgan fingerprint density at radius 3 is 1.51 bits per heavy atom. The van der Waals surface area contributed by atoms with Crippen molar-refractivity contribution in [1.29, 1.82) is 0 Å². The molecular weight excluding hydrogens is 488 g/mol. The van der Waals surface area contributed by atoms with Gasteiger partial charge in [-0.25, -0.2) is 0 Å². The standard InChI is InChI=1S/C26H54O11/c1-3-5-6-7-8-9-10-11-12-13-18(4-2)36-25(34)24(33)22(31)20(15-17-28)37-26(35)23(32)21(30)19(29)14-16-27/h18-35H,3-17H2,1-2H3. The Morgan fingerprint density at radius 2 is 1.00 bits per heavy atom. The van der Waals surface area contributed by atoms with Gasteiger partial charge in [-0.2, -0.15) is 0 Å². The molecule has 9 unspecified atom stereocenters. The molecular formula is C26H54O11. The van der Waals surface area contributed by atoms with Crippen LogP contribution in [-0.2, 0) is 9.47 Å². The fourth-order valence-corrected chi connectivity index (χ4v) is 4.12. The molecule has 0 amide bonds. The van der Waals surface area contributed by atoms with Crippen molar-refractivity contribution in [2.45, 2.75) is 153 Å². The second-order valence-electron chi connectivity index (χ2n) is 9.79. The van der Waals surface area contributed by atoms with Crippen LogP contribution in [0.2, 0.25) is 0 Å². The number of rotatable bonds is 25. The summed E-state index contributed by atoms with van der Waals surface area (Å²) in [6.45, 7) is 3.11. The van der Waals surface area contributed by atoms with Crippen molar-refractivity contribution >= 4 is 0 Å². The highest BCUT2D eigenvalue weighted by Gasteiger charge is 2.38. The average molecular weight is 543 g/mol. The topological polar surface area (TPSA) is 201 Å². The Bertz CT molecular complexity index is 513. The van der Waals surface area contributed by atoms with Gasteiger partial charge in [0.15, 0.2) is 12.6 Å². The minimum atomic E-state index is -2.10. The molecule has 11 heteroatoms. The van der Waals surface area contributed by atoms with E-state index in [0.717, 1.165) is 19.3 Å². The minimum Gasteiger partial charge on any atom is -0.396 e. The van der Waals surface area contributed by atoms with Crippen molar-refractivity contribution in [3.63, 3.8) is 0 Å². The lowest BCUT2D eigenvalue weighted by molar-refractivity contribution is -0.262. The van der Waals surface area contributed by atoms with Crippen LogP contribution in [0.3, 0.4) is 0 Å². The molecule has 0 bridgehead atoms. The molecule has 0 aromatic heterocycles. The maximum absolute atomic E-state index is 10.5. The monoisotopic (exact) mass is 542 g/mol. The van der Waals surface area contributed by atoms with E-state index in [-0.39, 0.29) is 18.9 Å². The van der Waals surface area contributed by atoms with Gasteiger partial charge in [0.25, 0.3) is 0 Å². The van der Waals surface area contributed by atoms with Gasteiger partial charge in [0.05, 0.1) is 18.3 Å². The summed E-state index contributed by atoms with van der Waals surface area (Å²) in [4.78, 5) is 0. The van der Waals surface area contributed by atoms with Gasteiger partial charge >= 0.3 is 0 Å². The third-order valence-corrected chi connectivity index (χ3v) is 6.63. The normalized spacial score (nSPS) is 19.5. The molecule has 0 saturated heterocycles. The van der Waals surface area contributed by atoms with Gasteiger partial charge in [-0.05, 0) is 25.7 Å². The SMILES string of the molecule is CCCCCCCCCCCC(CC)OC(O)C(O)C(O)C(CCO)OC(O)C(O)C(O)C(O)CCO. The lowest BCUT2D eigenvalue weighted by Gasteiger charge is -2.34. The van der Waals surface area contributed by atoms with Crippen LogP contribution in [0.15, 0.2) is 0 Å². The van der Waals surface area contributed by atoms with Crippen LogP contribution in [0.1, 0.15) is 97.3 Å². The largest absolute Gasteiger partial charge is 0.396 e. The van der Waals surface area contributed by atoms with E-state index < -0.39 is 62.4 Å². The van der Waals surface area contributed by atoms with Crippen LogP contribution >= 0.6 is 0 Å². The zero-order chi connectivity index (χ0) is 28.2. The Hall–Kier alpha value is -0.440. The second-order valence-corrected chi connectivity index (χ2v) is 9.79. The van der Waals surface area contributed by atoms with Gasteiger partial charge in [0.1, 0.15) is 24.4 Å². The van der Waals surface area contributed by atoms with Gasteiger partial charge in [-0.15, -0.1) is 0 Å². The zero-order valence-corrected chi connectivity index (χ0v) is 22.6. The predicted octanol–water partition coefficient (Wildman–Crippen LogP) is 0.294. The van der Waals surface area contributed by atoms with Crippen LogP contribution in [0, 0.1) is 0 Å². The quantitative estimate of drug-likeness (QED) is 0.0567. The van der Waals surface area contributed by atoms with Gasteiger partial charge in [0, 0.05) is 13.2 Å². The maximum Gasteiger partial charge on any atom is 0.183 e. The zero-order valence-electron chi connectivity index (χ0n) is 22.6. The number of aliphatic hydroxyl groups is 9. The fraction of sp³-hybridized carbons (Fsp3) is 1.00. The van der Waals surface area contributed by atoms with E-state index in [2.05, 4.69) is 6.92 Å². The molecule has 0 aromatic rings. The molecule has 0 heterocycles. The predicted molar refractivity (Wildman–Crippen MR) is 137 cm³/mol. The van der Waals surface area contributed by atoms with Crippen molar-refractivity contribution in [2.24, 2.45) is 0 Å². The van der Waals surface area contributed by atoms with Gasteiger partial charge in [-0.1, -0.05) is 71.6 Å². The minimum absolute atomic E-state index is 0.256. The summed E-state index contributed by atoms with van der Waals surface area (Å²) in [6, 6.07) is 0. The summed E-state index contributed by atoms with van der Waals surface area (Å²) < 4.78 is 10.7. The second kappa shape index (κ2) is 22.4. The van der Waals surface area contributed by atoms with Crippen LogP contribution < -0.4 is 0 Å². The van der Waals surface area contributed by atoms with Crippen LogP contribution in [0.4, 0.5) is 0 Å². The smallest absolute Gasteiger partial charge is 0.183 e. The highest BCUT2D eigenvalue weighted by Crippen LogP contribution is 2.20. The van der Waals surface area contributed by atoms with Crippen molar-refractivity contribution in [3.05, 3.63) is 0 Å². The van der Waals surface area contributed by atoms with Gasteiger partial charge in [0.2, 0.25) is 0 Å². The summed E-state index contributed by atoms with van der Waals surface area (Å²) in [5.41, 5.74) is 0. The summed E-state index contributed by atoms with van der Waals surface area (Å²) in [5, 5.41) is 89.1. The van der Waals surface area contributed by atoms with Crippen LogP contribution in [-0.4, -0.2) is 114 Å². The van der Waals surface area contributed by atoms with Crippen molar-refractivity contribution in [3.8, 4) is 0 Å². The molecule has 0 spiro atoms. The van der Waals surface area contributed by atoms with Crippen molar-refractivity contribution < 1.29 is 55.4 Å². The molecule has 224 valence electrons. The van der Waals surface area contributed by atoms with E-state index in [1.807, 2.05) is 6.92 Å². The third-order valence-electron chi connectivity index (χ3n) is 6.63. The maximum atomic E-state index is 10.5. The number of hydrogen-bond acceptors (Lipinski definition) is 11. The lowest BCUT2D eigenvalue weighted by Crippen LogP contribution is -2.52. The molecule has 0 aliphatic heterocycles. The summed E-state index contributed by atoms with van der Waals surface area (Å²) >= 11 is 0. The number of unbranched alkanes of at least 4 members (excludes halogenated alkanes) is 8. The molecule has 0 fully saturated rings. The Labute approximate surface area is 221 Å². The first-order valence-electron chi connectivity index (χ1n) is 13.9. The molecule has 9 N–H and O–H groups in total. The first-order valence-corrected chi connectivity index (χ1v) is 13.9. The van der Waals surface area contributed by atoms with Gasteiger partial charge < -0.3 is 55.4 Å². The molecule has 0 saturated carbocycles. The molecule has 0 aromatic carbocycles. The van der Waals surface area contributed by atoms with Gasteiger partial charge in [-0.3, -0.25) is 0 Å². The van der Waals surface area contributed by atoms with E-state index in [4.69, 9.17) is 14.6 Å². The Kier molecular flexibility index (Phi) is 22.1. The molecule has 0 aliphatic rings. The summed E-state index contributed by atoms with van der Waals surface area (Å²) in [5.74, 6) is 0. The molecule has 11 nitrogen and oxygen atoms in total. The first kappa shape index (κ1) is 36.6. The molecule has 0 rings (SSSR count). The van der Waals surface area contributed by atoms with E-state index in [9.17, 15) is 40.9 Å². The van der Waals surface area contributed by atoms with Crippen molar-refractivity contribution in [2.75, 3.05) is 13.2 Å². The van der Waals surface area contributed by atoms with E-state index >= 15 is 0 Å².